The highest BCUT2D eigenvalue weighted by Gasteiger charge is 2.29. The topological polar surface area (TPSA) is 73.2 Å². The van der Waals surface area contributed by atoms with Crippen LogP contribution in [0.15, 0.2) is 30.3 Å². The smallest absolute Gasteiger partial charge is 0.343 e. The number of benzene rings is 1. The fraction of sp³-hybridized carbons (Fsp3) is 0.389. The number of amides is 1. The van der Waals surface area contributed by atoms with E-state index in [0.29, 0.717) is 11.6 Å². The molecule has 6 nitrogen and oxygen atoms in total. The van der Waals surface area contributed by atoms with Gasteiger partial charge >= 0.3 is 5.97 Å². The molecule has 1 aromatic carbocycles. The lowest BCUT2D eigenvalue weighted by Crippen LogP contribution is -2.37. The molecule has 0 aliphatic heterocycles. The number of ether oxygens (including phenoxy) is 1. The third-order valence-corrected chi connectivity index (χ3v) is 4.61. The van der Waals surface area contributed by atoms with E-state index in [4.69, 9.17) is 16.3 Å². The Bertz CT molecular complexity index is 784. The van der Waals surface area contributed by atoms with Gasteiger partial charge in [0.2, 0.25) is 0 Å². The minimum absolute atomic E-state index is 0.109. The maximum absolute atomic E-state index is 12.3. The molecule has 1 N–H and O–H groups in total. The Morgan fingerprint density at radius 2 is 2.04 bits per heavy atom. The van der Waals surface area contributed by atoms with Gasteiger partial charge in [0.25, 0.3) is 5.91 Å². The molecule has 1 aromatic heterocycles. The highest BCUT2D eigenvalue weighted by Crippen LogP contribution is 2.32. The van der Waals surface area contributed by atoms with Crippen LogP contribution in [0.1, 0.15) is 35.8 Å². The van der Waals surface area contributed by atoms with Crippen LogP contribution < -0.4 is 5.32 Å². The van der Waals surface area contributed by atoms with Crippen molar-refractivity contribution in [2.45, 2.75) is 32.7 Å². The Kier molecular flexibility index (Phi) is 5.08. The summed E-state index contributed by atoms with van der Waals surface area (Å²) in [6, 6.07) is 9.36. The average molecular weight is 362 g/mol. The van der Waals surface area contributed by atoms with Gasteiger partial charge in [0.1, 0.15) is 10.7 Å². The van der Waals surface area contributed by atoms with Crippen molar-refractivity contribution in [3.63, 3.8) is 0 Å². The first-order valence-electron chi connectivity index (χ1n) is 8.24. The summed E-state index contributed by atoms with van der Waals surface area (Å²) in [6.45, 7) is 3.31. The molecule has 0 saturated heterocycles. The van der Waals surface area contributed by atoms with Crippen molar-refractivity contribution in [1.29, 1.82) is 0 Å². The molecular formula is C18H20ClN3O3. The summed E-state index contributed by atoms with van der Waals surface area (Å²) >= 11 is 6.31. The van der Waals surface area contributed by atoms with Crippen molar-refractivity contribution in [3.8, 4) is 5.69 Å². The van der Waals surface area contributed by atoms with E-state index in [-0.39, 0.29) is 29.3 Å². The average Bonchev–Trinajstić information content (AvgIpc) is 3.39. The summed E-state index contributed by atoms with van der Waals surface area (Å²) in [5.74, 6) is -0.420. The van der Waals surface area contributed by atoms with Gasteiger partial charge in [0.05, 0.1) is 11.4 Å². The number of nitrogens with one attached hydrogen (secondary N) is 1. The Balaban J connectivity index is 1.66. The van der Waals surface area contributed by atoms with E-state index in [1.54, 1.807) is 6.92 Å². The van der Waals surface area contributed by atoms with Gasteiger partial charge in [-0.3, -0.25) is 4.79 Å². The van der Waals surface area contributed by atoms with Gasteiger partial charge < -0.3 is 10.1 Å². The molecule has 1 atom stereocenters. The van der Waals surface area contributed by atoms with Crippen LogP contribution in [-0.4, -0.2) is 34.3 Å². The minimum atomic E-state index is -0.654. The van der Waals surface area contributed by atoms with Crippen molar-refractivity contribution >= 4 is 23.5 Å². The zero-order valence-electron chi connectivity index (χ0n) is 14.2. The van der Waals surface area contributed by atoms with Crippen LogP contribution in [0.5, 0.6) is 0 Å². The van der Waals surface area contributed by atoms with Gasteiger partial charge in [-0.25, -0.2) is 9.48 Å². The first-order chi connectivity index (χ1) is 12.0. The summed E-state index contributed by atoms with van der Waals surface area (Å²) in [5.41, 5.74) is 1.37. The Morgan fingerprint density at radius 3 is 2.68 bits per heavy atom. The highest BCUT2D eigenvalue weighted by molar-refractivity contribution is 6.33. The van der Waals surface area contributed by atoms with Crippen LogP contribution in [0.25, 0.3) is 5.69 Å². The third kappa shape index (κ3) is 4.02. The summed E-state index contributed by atoms with van der Waals surface area (Å²) in [6.07, 6.45) is 2.27. The van der Waals surface area contributed by atoms with Crippen molar-refractivity contribution in [2.24, 2.45) is 5.92 Å². The van der Waals surface area contributed by atoms with E-state index >= 15 is 0 Å². The number of halogens is 1. The standard InChI is InChI=1S/C18H20ClN3O3/c1-11(13-8-9-13)20-15(23)10-25-18(24)16-12(2)21-22(17(16)19)14-6-4-3-5-7-14/h3-7,11,13H,8-10H2,1-2H3,(H,20,23)/t11-/m0/s1. The molecule has 0 bridgehead atoms. The molecule has 7 heteroatoms. The molecule has 1 aliphatic carbocycles. The lowest BCUT2D eigenvalue weighted by Gasteiger charge is -2.12. The van der Waals surface area contributed by atoms with E-state index in [9.17, 15) is 9.59 Å². The molecule has 1 fully saturated rings. The number of hydrogen-bond acceptors (Lipinski definition) is 4. The number of nitrogens with zero attached hydrogens (tertiary/aromatic N) is 2. The first-order valence-corrected chi connectivity index (χ1v) is 8.62. The molecule has 25 heavy (non-hydrogen) atoms. The summed E-state index contributed by atoms with van der Waals surface area (Å²) in [7, 11) is 0. The second kappa shape index (κ2) is 7.27. The highest BCUT2D eigenvalue weighted by atomic mass is 35.5. The van der Waals surface area contributed by atoms with Gasteiger partial charge in [-0.2, -0.15) is 5.10 Å². The molecule has 132 valence electrons. The zero-order chi connectivity index (χ0) is 18.0. The Hall–Kier alpha value is -2.34. The van der Waals surface area contributed by atoms with Crippen molar-refractivity contribution in [1.82, 2.24) is 15.1 Å². The van der Waals surface area contributed by atoms with E-state index in [2.05, 4.69) is 10.4 Å². The summed E-state index contributed by atoms with van der Waals surface area (Å²) in [4.78, 5) is 24.2. The zero-order valence-corrected chi connectivity index (χ0v) is 14.9. The maximum atomic E-state index is 12.3. The Morgan fingerprint density at radius 1 is 1.36 bits per heavy atom. The van der Waals surface area contributed by atoms with E-state index in [1.165, 1.54) is 4.68 Å². The number of carbonyl (C=O) groups is 2. The molecule has 3 rings (SSSR count). The third-order valence-electron chi connectivity index (χ3n) is 4.26. The predicted octanol–water partition coefficient (Wildman–Crippen LogP) is 2.91. The lowest BCUT2D eigenvalue weighted by molar-refractivity contribution is -0.124. The van der Waals surface area contributed by atoms with Gasteiger partial charge in [-0.1, -0.05) is 29.8 Å². The van der Waals surface area contributed by atoms with Crippen LogP contribution in [0.4, 0.5) is 0 Å². The molecule has 0 spiro atoms. The van der Waals surface area contributed by atoms with E-state index in [0.717, 1.165) is 18.5 Å². The fourth-order valence-electron chi connectivity index (χ4n) is 2.68. The number of para-hydroxylation sites is 1. The minimum Gasteiger partial charge on any atom is -0.452 e. The largest absolute Gasteiger partial charge is 0.452 e. The molecule has 1 amide bonds. The molecule has 1 aliphatic rings. The van der Waals surface area contributed by atoms with Gasteiger partial charge in [0.15, 0.2) is 6.61 Å². The maximum Gasteiger partial charge on any atom is 0.343 e. The van der Waals surface area contributed by atoms with Crippen LogP contribution in [0.3, 0.4) is 0 Å². The van der Waals surface area contributed by atoms with Crippen LogP contribution >= 0.6 is 11.6 Å². The molecule has 0 unspecified atom stereocenters. The van der Waals surface area contributed by atoms with Crippen molar-refractivity contribution in [3.05, 3.63) is 46.7 Å². The van der Waals surface area contributed by atoms with Crippen LogP contribution in [-0.2, 0) is 9.53 Å². The number of aromatic nitrogens is 2. The number of carbonyl (C=O) groups excluding carboxylic acids is 2. The first kappa shape index (κ1) is 17.5. The second-order valence-corrected chi connectivity index (χ2v) is 6.63. The van der Waals surface area contributed by atoms with Crippen molar-refractivity contribution < 1.29 is 14.3 Å². The van der Waals surface area contributed by atoms with E-state index < -0.39 is 5.97 Å². The molecular weight excluding hydrogens is 342 g/mol. The van der Waals surface area contributed by atoms with E-state index in [1.807, 2.05) is 37.3 Å². The molecule has 2 aromatic rings. The summed E-state index contributed by atoms with van der Waals surface area (Å²) < 4.78 is 6.59. The van der Waals surface area contributed by atoms with Crippen LogP contribution in [0.2, 0.25) is 5.15 Å². The molecule has 1 heterocycles. The predicted molar refractivity (Wildman–Crippen MR) is 93.9 cm³/mol. The van der Waals surface area contributed by atoms with Gasteiger partial charge in [0, 0.05) is 6.04 Å². The Labute approximate surface area is 151 Å². The van der Waals surface area contributed by atoms with Crippen molar-refractivity contribution in [2.75, 3.05) is 6.61 Å². The normalized spacial score (nSPS) is 14.8. The number of aryl methyl sites for hydroxylation is 1. The number of esters is 1. The quantitative estimate of drug-likeness (QED) is 0.803. The SMILES string of the molecule is Cc1nn(-c2ccccc2)c(Cl)c1C(=O)OCC(=O)N[C@@H](C)C1CC1. The second-order valence-electron chi connectivity index (χ2n) is 6.27. The molecule has 0 radical (unpaired) electrons. The number of hydrogen-bond donors (Lipinski definition) is 1. The monoisotopic (exact) mass is 361 g/mol. The fourth-order valence-corrected chi connectivity index (χ4v) is 3.03. The lowest BCUT2D eigenvalue weighted by atomic mass is 10.2. The number of rotatable bonds is 6. The van der Waals surface area contributed by atoms with Gasteiger partial charge in [-0.05, 0) is 44.7 Å². The molecule has 1 saturated carbocycles. The van der Waals surface area contributed by atoms with Gasteiger partial charge in [-0.15, -0.1) is 0 Å². The van der Waals surface area contributed by atoms with Crippen LogP contribution in [0, 0.1) is 12.8 Å². The summed E-state index contributed by atoms with van der Waals surface area (Å²) in [5, 5.41) is 7.30.